The van der Waals surface area contributed by atoms with Gasteiger partial charge in [0.1, 0.15) is 11.9 Å². The van der Waals surface area contributed by atoms with Crippen LogP contribution >= 0.6 is 0 Å². The van der Waals surface area contributed by atoms with Gasteiger partial charge in [0.2, 0.25) is 0 Å². The van der Waals surface area contributed by atoms with Crippen LogP contribution in [-0.2, 0) is 20.9 Å². The first-order valence-corrected chi connectivity index (χ1v) is 10.9. The molecule has 168 valence electrons. The molecule has 4 atom stereocenters. The Bertz CT molecular complexity index is 1050. The van der Waals surface area contributed by atoms with Gasteiger partial charge in [-0.1, -0.05) is 72.8 Å². The zero-order valence-corrected chi connectivity index (χ0v) is 18.1. The van der Waals surface area contributed by atoms with Crippen molar-refractivity contribution in [1.82, 2.24) is 0 Å². The van der Waals surface area contributed by atoms with Gasteiger partial charge in [-0.25, -0.2) is 4.39 Å². The third-order valence-corrected chi connectivity index (χ3v) is 5.67. The van der Waals surface area contributed by atoms with E-state index >= 15 is 0 Å². The van der Waals surface area contributed by atoms with Gasteiger partial charge in [-0.2, -0.15) is 0 Å². The lowest BCUT2D eigenvalue weighted by Gasteiger charge is -2.25. The van der Waals surface area contributed by atoms with Crippen LogP contribution in [0.15, 0.2) is 84.9 Å². The van der Waals surface area contributed by atoms with E-state index in [2.05, 4.69) is 12.2 Å². The first-order chi connectivity index (χ1) is 16.1. The Morgan fingerprint density at radius 1 is 1.00 bits per heavy atom. The van der Waals surface area contributed by atoms with Gasteiger partial charge in [-0.05, 0) is 35.2 Å². The SMILES string of the molecule is O=C([C]=[C]c1ccccc1)[C@@H]1C[C@H](OCc2ccccc2)[C@H](O)CO[C@H]1c1ccc(F)cc1. The van der Waals surface area contributed by atoms with E-state index in [1.807, 2.05) is 60.7 Å². The molecular weight excluding hydrogens is 419 g/mol. The topological polar surface area (TPSA) is 55.8 Å². The third kappa shape index (κ3) is 6.23. The molecule has 0 bridgehead atoms. The lowest BCUT2D eigenvalue weighted by molar-refractivity contribution is -0.124. The number of ether oxygens (including phenoxy) is 2. The van der Waals surface area contributed by atoms with E-state index in [9.17, 15) is 14.3 Å². The van der Waals surface area contributed by atoms with Gasteiger partial charge >= 0.3 is 0 Å². The van der Waals surface area contributed by atoms with E-state index < -0.39 is 24.2 Å². The van der Waals surface area contributed by atoms with E-state index in [0.29, 0.717) is 12.2 Å². The van der Waals surface area contributed by atoms with Gasteiger partial charge < -0.3 is 14.6 Å². The molecule has 3 aromatic rings. The monoisotopic (exact) mass is 444 g/mol. The minimum Gasteiger partial charge on any atom is -0.388 e. The van der Waals surface area contributed by atoms with Crippen molar-refractivity contribution in [1.29, 1.82) is 0 Å². The number of halogens is 1. The molecule has 0 aliphatic carbocycles. The average Bonchev–Trinajstić information content (AvgIpc) is 3.02. The van der Waals surface area contributed by atoms with Crippen LogP contribution in [-0.4, -0.2) is 29.7 Å². The summed E-state index contributed by atoms with van der Waals surface area (Å²) in [6.45, 7) is 0.303. The standard InChI is InChI=1S/C28H25FO4/c29-23-14-12-22(13-15-23)28-24(25(30)16-11-20-7-3-1-4-8-20)17-27(26(31)19-33-28)32-18-21-9-5-2-6-10-21/h1-10,12-15,24,26-28,31H,17-19H2/t24-,26+,27-,28-/m0/s1. The van der Waals surface area contributed by atoms with E-state index in [0.717, 1.165) is 11.1 Å². The molecule has 1 fully saturated rings. The molecule has 2 radical (unpaired) electrons. The van der Waals surface area contributed by atoms with Crippen LogP contribution < -0.4 is 0 Å². The molecule has 5 heteroatoms. The van der Waals surface area contributed by atoms with E-state index in [1.165, 1.54) is 12.1 Å². The maximum atomic E-state index is 13.5. The van der Waals surface area contributed by atoms with Crippen LogP contribution in [0.25, 0.3) is 0 Å². The number of carbonyl (C=O) groups is 1. The summed E-state index contributed by atoms with van der Waals surface area (Å²) in [5.41, 5.74) is 2.36. The Balaban J connectivity index is 1.57. The van der Waals surface area contributed by atoms with Crippen molar-refractivity contribution in [2.45, 2.75) is 31.3 Å². The molecule has 0 aromatic heterocycles. The normalized spacial score (nSPS) is 23.3. The Morgan fingerprint density at radius 3 is 2.36 bits per heavy atom. The third-order valence-electron chi connectivity index (χ3n) is 5.67. The number of ketones is 1. The summed E-state index contributed by atoms with van der Waals surface area (Å²) in [4.78, 5) is 13.2. The highest BCUT2D eigenvalue weighted by atomic mass is 19.1. The second kappa shape index (κ2) is 11.1. The largest absolute Gasteiger partial charge is 0.388 e. The number of rotatable bonds is 7. The maximum absolute atomic E-state index is 13.5. The van der Waals surface area contributed by atoms with Crippen molar-refractivity contribution in [2.75, 3.05) is 6.61 Å². The molecule has 1 saturated heterocycles. The Morgan fingerprint density at radius 2 is 1.67 bits per heavy atom. The first-order valence-electron chi connectivity index (χ1n) is 10.9. The zero-order valence-electron chi connectivity index (χ0n) is 18.1. The number of aliphatic hydroxyl groups excluding tert-OH is 1. The predicted molar refractivity (Wildman–Crippen MR) is 121 cm³/mol. The van der Waals surface area contributed by atoms with Crippen molar-refractivity contribution < 1.29 is 23.8 Å². The minimum absolute atomic E-state index is 0.00259. The predicted octanol–water partition coefficient (Wildman–Crippen LogP) is 4.63. The average molecular weight is 445 g/mol. The molecule has 33 heavy (non-hydrogen) atoms. The van der Waals surface area contributed by atoms with Gasteiger partial charge in [0.25, 0.3) is 0 Å². The fourth-order valence-corrected chi connectivity index (χ4v) is 3.89. The summed E-state index contributed by atoms with van der Waals surface area (Å²) in [6, 6.07) is 24.8. The number of aliphatic hydroxyl groups is 1. The summed E-state index contributed by atoms with van der Waals surface area (Å²) in [5, 5.41) is 10.7. The molecule has 1 aliphatic heterocycles. The number of carbonyl (C=O) groups excluding carboxylic acids is 1. The summed E-state index contributed by atoms with van der Waals surface area (Å²) < 4.78 is 25.5. The van der Waals surface area contributed by atoms with Gasteiger partial charge in [-0.15, -0.1) is 0 Å². The second-order valence-electron chi connectivity index (χ2n) is 8.03. The number of benzene rings is 3. The van der Waals surface area contributed by atoms with E-state index in [1.54, 1.807) is 12.1 Å². The molecule has 0 saturated carbocycles. The van der Waals surface area contributed by atoms with Crippen LogP contribution in [0.3, 0.4) is 0 Å². The number of hydrogen-bond donors (Lipinski definition) is 1. The molecule has 3 aromatic carbocycles. The highest BCUT2D eigenvalue weighted by Gasteiger charge is 2.38. The lowest BCUT2D eigenvalue weighted by atomic mass is 9.86. The van der Waals surface area contributed by atoms with Crippen LogP contribution in [0.1, 0.15) is 29.2 Å². The highest BCUT2D eigenvalue weighted by Crippen LogP contribution is 2.35. The van der Waals surface area contributed by atoms with Crippen molar-refractivity contribution in [2.24, 2.45) is 5.92 Å². The smallest absolute Gasteiger partial charge is 0.170 e. The van der Waals surface area contributed by atoms with Crippen molar-refractivity contribution in [3.63, 3.8) is 0 Å². The summed E-state index contributed by atoms with van der Waals surface area (Å²) in [6.07, 6.45) is 3.70. The van der Waals surface area contributed by atoms with Crippen LogP contribution in [0, 0.1) is 23.9 Å². The summed E-state index contributed by atoms with van der Waals surface area (Å²) >= 11 is 0. The fourth-order valence-electron chi connectivity index (χ4n) is 3.89. The Kier molecular flexibility index (Phi) is 7.79. The molecular formula is C28H25FO4. The maximum Gasteiger partial charge on any atom is 0.170 e. The summed E-state index contributed by atoms with van der Waals surface area (Å²) in [7, 11) is 0. The summed E-state index contributed by atoms with van der Waals surface area (Å²) in [5.74, 6) is -1.36. The van der Waals surface area contributed by atoms with Crippen molar-refractivity contribution in [3.05, 3.63) is 120 Å². The van der Waals surface area contributed by atoms with E-state index in [-0.39, 0.29) is 24.6 Å². The minimum atomic E-state index is -0.906. The highest BCUT2D eigenvalue weighted by molar-refractivity contribution is 5.88. The molecule has 0 unspecified atom stereocenters. The van der Waals surface area contributed by atoms with Gasteiger partial charge in [0.15, 0.2) is 5.78 Å². The van der Waals surface area contributed by atoms with Crippen molar-refractivity contribution in [3.8, 4) is 0 Å². The molecule has 4 nitrogen and oxygen atoms in total. The number of hydrogen-bond acceptors (Lipinski definition) is 4. The van der Waals surface area contributed by atoms with Crippen LogP contribution in [0.4, 0.5) is 4.39 Å². The Labute approximate surface area is 193 Å². The Hall–Kier alpha value is -3.12. The lowest BCUT2D eigenvalue weighted by Crippen LogP contribution is -2.33. The number of allylic oxidation sites excluding steroid dienone is 1. The molecule has 0 spiro atoms. The molecule has 1 heterocycles. The molecule has 1 aliphatic rings. The van der Waals surface area contributed by atoms with Gasteiger partial charge in [-0.3, -0.25) is 4.79 Å². The quantitative estimate of drug-likeness (QED) is 0.540. The number of Topliss-reactive ketones (excluding diaryl/α,β-unsaturated/α-hetero) is 1. The second-order valence-corrected chi connectivity index (χ2v) is 8.03. The fraction of sp³-hybridized carbons (Fsp3) is 0.250. The van der Waals surface area contributed by atoms with Crippen LogP contribution in [0.5, 0.6) is 0 Å². The zero-order chi connectivity index (χ0) is 23.0. The van der Waals surface area contributed by atoms with Gasteiger partial charge in [0, 0.05) is 12.2 Å². The molecule has 0 amide bonds. The molecule has 1 N–H and O–H groups in total. The first kappa shape index (κ1) is 23.1. The molecule has 4 rings (SSSR count). The van der Waals surface area contributed by atoms with E-state index in [4.69, 9.17) is 9.47 Å². The van der Waals surface area contributed by atoms with Crippen LogP contribution in [0.2, 0.25) is 0 Å². The van der Waals surface area contributed by atoms with Crippen molar-refractivity contribution >= 4 is 5.78 Å². The van der Waals surface area contributed by atoms with Gasteiger partial charge in [0.05, 0.1) is 31.3 Å².